The van der Waals surface area contributed by atoms with Gasteiger partial charge in [-0.2, -0.15) is 5.10 Å². The van der Waals surface area contributed by atoms with E-state index in [1.54, 1.807) is 23.4 Å². The number of allylic oxidation sites excluding steroid dienone is 2. The van der Waals surface area contributed by atoms with E-state index >= 15 is 0 Å². The summed E-state index contributed by atoms with van der Waals surface area (Å²) in [7, 11) is 0. The summed E-state index contributed by atoms with van der Waals surface area (Å²) in [4.78, 5) is 4.42. The number of nitrogens with zero attached hydrogens (tertiary/aromatic N) is 3. The van der Waals surface area contributed by atoms with Crippen LogP contribution in [0.25, 0.3) is 17.0 Å². The summed E-state index contributed by atoms with van der Waals surface area (Å²) in [6.45, 7) is 19.1. The Morgan fingerprint density at radius 2 is 2.18 bits per heavy atom. The van der Waals surface area contributed by atoms with Crippen molar-refractivity contribution in [1.29, 1.82) is 0 Å². The van der Waals surface area contributed by atoms with E-state index in [4.69, 9.17) is 9.47 Å². The molecule has 178 valence electrons. The Morgan fingerprint density at radius 1 is 1.32 bits per heavy atom. The molecule has 0 amide bonds. The number of benzene rings is 1. The van der Waals surface area contributed by atoms with Gasteiger partial charge >= 0.3 is 0 Å². The standard InChI is InChI=1S/C23H24N4O.C5H10O/c1-5-18-12-19-13-21(8-9-22(19)25-14-18)28-16-23-17(4)10-11-27(26-23)20(6-2)15-24-7-3;1-5-2-3-6-4-5/h5-6,8-15,24H,1-2,4,7,16H2,3H3;5H,2-4H2,1H3/b20-15+;. The van der Waals surface area contributed by atoms with Crippen LogP contribution in [0.5, 0.6) is 5.75 Å². The van der Waals surface area contributed by atoms with Crippen LogP contribution in [0.2, 0.25) is 0 Å². The molecule has 1 aromatic carbocycles. The number of aromatic nitrogens is 1. The van der Waals surface area contributed by atoms with E-state index < -0.39 is 0 Å². The van der Waals surface area contributed by atoms with Crippen LogP contribution in [0.3, 0.4) is 0 Å². The molecule has 0 bridgehead atoms. The molecule has 6 heteroatoms. The van der Waals surface area contributed by atoms with Crippen molar-refractivity contribution in [1.82, 2.24) is 15.3 Å². The highest BCUT2D eigenvalue weighted by Crippen LogP contribution is 2.22. The summed E-state index contributed by atoms with van der Waals surface area (Å²) in [6, 6.07) is 7.85. The van der Waals surface area contributed by atoms with Gasteiger partial charge in [-0.3, -0.25) is 4.98 Å². The van der Waals surface area contributed by atoms with Crippen LogP contribution in [0, 0.1) is 5.92 Å². The van der Waals surface area contributed by atoms with E-state index in [2.05, 4.69) is 42.1 Å². The summed E-state index contributed by atoms with van der Waals surface area (Å²) >= 11 is 0. The molecule has 1 N–H and O–H groups in total. The van der Waals surface area contributed by atoms with Gasteiger partial charge in [-0.15, -0.1) is 0 Å². The van der Waals surface area contributed by atoms with Gasteiger partial charge in [-0.1, -0.05) is 32.7 Å². The van der Waals surface area contributed by atoms with Gasteiger partial charge in [0.05, 0.1) is 11.2 Å². The Kier molecular flexibility index (Phi) is 9.23. The smallest absolute Gasteiger partial charge is 0.133 e. The van der Waals surface area contributed by atoms with Crippen LogP contribution >= 0.6 is 0 Å². The van der Waals surface area contributed by atoms with Crippen molar-refractivity contribution in [3.63, 3.8) is 0 Å². The number of rotatable bonds is 8. The van der Waals surface area contributed by atoms with E-state index in [0.29, 0.717) is 6.61 Å². The largest absolute Gasteiger partial charge is 0.487 e. The lowest BCUT2D eigenvalue weighted by Crippen LogP contribution is -2.23. The summed E-state index contributed by atoms with van der Waals surface area (Å²) in [6.07, 6.45) is 12.2. The van der Waals surface area contributed by atoms with Crippen molar-refractivity contribution in [2.45, 2.75) is 20.3 Å². The molecule has 34 heavy (non-hydrogen) atoms. The zero-order chi connectivity index (χ0) is 24.3. The van der Waals surface area contributed by atoms with E-state index in [1.807, 2.05) is 49.7 Å². The lowest BCUT2D eigenvalue weighted by Gasteiger charge is -2.22. The molecular formula is C28H34N4O2. The third-order valence-corrected chi connectivity index (χ3v) is 5.39. The van der Waals surface area contributed by atoms with Crippen molar-refractivity contribution in [2.24, 2.45) is 11.0 Å². The highest BCUT2D eigenvalue weighted by molar-refractivity contribution is 6.03. The van der Waals surface area contributed by atoms with Crippen molar-refractivity contribution >= 4 is 22.7 Å². The zero-order valence-corrected chi connectivity index (χ0v) is 20.2. The summed E-state index contributed by atoms with van der Waals surface area (Å²) < 4.78 is 11.0. The molecule has 2 aliphatic heterocycles. The first-order chi connectivity index (χ1) is 16.5. The van der Waals surface area contributed by atoms with Gasteiger partial charge in [0.1, 0.15) is 18.1 Å². The van der Waals surface area contributed by atoms with Crippen molar-refractivity contribution < 1.29 is 9.47 Å². The van der Waals surface area contributed by atoms with Crippen LogP contribution in [-0.4, -0.2) is 42.1 Å². The van der Waals surface area contributed by atoms with Crippen molar-refractivity contribution in [2.75, 3.05) is 26.4 Å². The second kappa shape index (κ2) is 12.6. The molecule has 0 spiro atoms. The van der Waals surface area contributed by atoms with Gasteiger partial charge < -0.3 is 14.8 Å². The predicted octanol–water partition coefficient (Wildman–Crippen LogP) is 5.68. The molecule has 4 rings (SSSR count). The van der Waals surface area contributed by atoms with Gasteiger partial charge in [0.25, 0.3) is 0 Å². The Labute approximate surface area is 202 Å². The minimum absolute atomic E-state index is 0.311. The molecule has 0 saturated carbocycles. The second-order valence-corrected chi connectivity index (χ2v) is 8.15. The Morgan fingerprint density at radius 3 is 2.82 bits per heavy atom. The van der Waals surface area contributed by atoms with Crippen molar-refractivity contribution in [3.05, 3.63) is 91.6 Å². The third kappa shape index (κ3) is 6.93. The van der Waals surface area contributed by atoms with E-state index in [0.717, 1.165) is 64.9 Å². The first-order valence-corrected chi connectivity index (χ1v) is 11.6. The molecule has 6 nitrogen and oxygen atoms in total. The van der Waals surface area contributed by atoms with Gasteiger partial charge in [0, 0.05) is 43.7 Å². The van der Waals surface area contributed by atoms with Crippen LogP contribution in [0.1, 0.15) is 25.8 Å². The Balaban J connectivity index is 0.000000469. The third-order valence-electron chi connectivity index (χ3n) is 5.39. The minimum atomic E-state index is 0.311. The molecule has 0 aliphatic carbocycles. The van der Waals surface area contributed by atoms with Gasteiger partial charge in [-0.05, 0) is 66.8 Å². The molecule has 1 atom stereocenters. The van der Waals surface area contributed by atoms with E-state index in [-0.39, 0.29) is 0 Å². The van der Waals surface area contributed by atoms with Gasteiger partial charge in [0.2, 0.25) is 0 Å². The molecular weight excluding hydrogens is 424 g/mol. The highest BCUT2D eigenvalue weighted by Gasteiger charge is 2.14. The highest BCUT2D eigenvalue weighted by atomic mass is 16.5. The Hall–Kier alpha value is -3.64. The average molecular weight is 459 g/mol. The Bertz CT molecular complexity index is 1110. The zero-order valence-electron chi connectivity index (χ0n) is 20.2. The minimum Gasteiger partial charge on any atom is -0.487 e. The van der Waals surface area contributed by atoms with Gasteiger partial charge in [0.15, 0.2) is 0 Å². The van der Waals surface area contributed by atoms with Crippen LogP contribution in [0.4, 0.5) is 0 Å². The summed E-state index contributed by atoms with van der Waals surface area (Å²) in [5.74, 6) is 1.57. The number of fused-ring (bicyclic) bond motifs is 1. The lowest BCUT2D eigenvalue weighted by molar-refractivity contribution is 0.188. The number of pyridine rings is 1. The fourth-order valence-electron chi connectivity index (χ4n) is 3.31. The molecule has 1 fully saturated rings. The molecule has 2 aromatic rings. The average Bonchev–Trinajstić information content (AvgIpc) is 3.35. The van der Waals surface area contributed by atoms with Gasteiger partial charge in [-0.25, -0.2) is 5.01 Å². The maximum absolute atomic E-state index is 5.97. The van der Waals surface area contributed by atoms with E-state index in [9.17, 15) is 0 Å². The molecule has 1 saturated heterocycles. The van der Waals surface area contributed by atoms with Crippen LogP contribution in [-0.2, 0) is 4.74 Å². The maximum Gasteiger partial charge on any atom is 0.133 e. The maximum atomic E-state index is 5.97. The molecule has 1 aromatic heterocycles. The normalized spacial score (nSPS) is 17.6. The fraction of sp³-hybridized carbons (Fsp3) is 0.286. The van der Waals surface area contributed by atoms with Crippen LogP contribution in [0.15, 0.2) is 91.1 Å². The van der Waals surface area contributed by atoms with Crippen molar-refractivity contribution in [3.8, 4) is 5.75 Å². The molecule has 1 unspecified atom stereocenters. The monoisotopic (exact) mass is 458 g/mol. The number of hydrogen-bond donors (Lipinski definition) is 1. The molecule has 2 aliphatic rings. The second-order valence-electron chi connectivity index (χ2n) is 8.15. The van der Waals surface area contributed by atoms with E-state index in [1.165, 1.54) is 6.42 Å². The molecule has 0 radical (unpaired) electrons. The number of hydrazone groups is 1. The van der Waals surface area contributed by atoms with Crippen LogP contribution < -0.4 is 10.1 Å². The first kappa shape index (κ1) is 25.0. The summed E-state index contributed by atoms with van der Waals surface area (Å²) in [5.41, 5.74) is 4.30. The number of nitrogens with one attached hydrogen (secondary N) is 1. The SMILES string of the molecule is C=C/C(=C\NCC)N1C=CC(=C)C(COc2ccc3ncc(C=C)cc3c2)=N1.CC1CCOC1. The predicted molar refractivity (Wildman–Crippen MR) is 141 cm³/mol. The first-order valence-electron chi connectivity index (χ1n) is 11.6. The fourth-order valence-corrected chi connectivity index (χ4v) is 3.31. The topological polar surface area (TPSA) is 59.0 Å². The quantitative estimate of drug-likeness (QED) is 0.516. The molecule has 3 heterocycles. The lowest BCUT2D eigenvalue weighted by atomic mass is 10.1. The number of ether oxygens (including phenoxy) is 2. The number of hydrogen-bond acceptors (Lipinski definition) is 6. The summed E-state index contributed by atoms with van der Waals surface area (Å²) in [5, 5.41) is 10.5.